The highest BCUT2D eigenvalue weighted by molar-refractivity contribution is 6.44. The first kappa shape index (κ1) is 12.3. The Morgan fingerprint density at radius 2 is 2.15 bits per heavy atom. The first-order chi connectivity index (χ1) is 9.75. The van der Waals surface area contributed by atoms with Crippen molar-refractivity contribution in [3.63, 3.8) is 0 Å². The number of nitrogens with one attached hydrogen (secondary N) is 2. The monoisotopic (exact) mass is 271 g/mol. The van der Waals surface area contributed by atoms with Gasteiger partial charge in [-0.15, -0.1) is 0 Å². The molecule has 1 aliphatic rings. The molecular weight excluding hydrogens is 258 g/mol. The Hall–Kier alpha value is -2.70. The summed E-state index contributed by atoms with van der Waals surface area (Å²) in [6.07, 6.45) is 3.03. The third kappa shape index (κ3) is 2.25. The molecule has 0 bridgehead atoms. The number of fused-ring (bicyclic) bond motifs is 1. The van der Waals surface area contributed by atoms with E-state index in [0.29, 0.717) is 6.54 Å². The highest BCUT2D eigenvalue weighted by Gasteiger charge is 2.27. The first-order valence-corrected chi connectivity index (χ1v) is 6.32. The Balaban J connectivity index is 1.79. The fourth-order valence-corrected chi connectivity index (χ4v) is 2.29. The van der Waals surface area contributed by atoms with E-state index in [1.165, 1.54) is 11.2 Å². The molecule has 3 rings (SSSR count). The van der Waals surface area contributed by atoms with E-state index in [1.807, 2.05) is 24.3 Å². The summed E-state index contributed by atoms with van der Waals surface area (Å²) in [6.45, 7) is 0.541. The van der Waals surface area contributed by atoms with Gasteiger partial charge in [0.25, 0.3) is 0 Å². The number of H-pyrrole nitrogens is 1. The van der Waals surface area contributed by atoms with Crippen LogP contribution in [0, 0.1) is 0 Å². The number of hydrogen-bond acceptors (Lipinski definition) is 4. The molecular formula is C13H13N5O2. The SMILES string of the molecule is O=C(Nc1ncn[nH]1)C(=O)N1CCCc2ccccc21. The second-order valence-electron chi connectivity index (χ2n) is 4.48. The molecule has 1 aromatic heterocycles. The van der Waals surface area contributed by atoms with Crippen molar-refractivity contribution in [2.75, 3.05) is 16.8 Å². The summed E-state index contributed by atoms with van der Waals surface area (Å²) >= 11 is 0. The van der Waals surface area contributed by atoms with Gasteiger partial charge in [0, 0.05) is 12.2 Å². The highest BCUT2D eigenvalue weighted by atomic mass is 16.2. The minimum absolute atomic E-state index is 0.161. The molecule has 0 atom stereocenters. The Labute approximate surface area is 115 Å². The summed E-state index contributed by atoms with van der Waals surface area (Å²) < 4.78 is 0. The molecule has 0 aliphatic carbocycles. The zero-order valence-electron chi connectivity index (χ0n) is 10.7. The minimum atomic E-state index is -0.724. The molecule has 0 spiro atoms. The number of aryl methyl sites for hydroxylation is 1. The number of para-hydroxylation sites is 1. The van der Waals surface area contributed by atoms with E-state index in [2.05, 4.69) is 20.5 Å². The van der Waals surface area contributed by atoms with Crippen LogP contribution in [0.2, 0.25) is 0 Å². The van der Waals surface area contributed by atoms with Gasteiger partial charge in [0.1, 0.15) is 6.33 Å². The molecule has 1 aliphatic heterocycles. The van der Waals surface area contributed by atoms with E-state index in [1.54, 1.807) is 0 Å². The maximum Gasteiger partial charge on any atom is 0.316 e. The number of anilines is 2. The predicted octanol–water partition coefficient (Wildman–Crippen LogP) is 0.723. The topological polar surface area (TPSA) is 91.0 Å². The molecule has 2 amide bonds. The summed E-state index contributed by atoms with van der Waals surface area (Å²) in [4.78, 5) is 29.4. The summed E-state index contributed by atoms with van der Waals surface area (Å²) in [5.41, 5.74) is 1.89. The molecule has 0 fully saturated rings. The number of nitrogens with zero attached hydrogens (tertiary/aromatic N) is 3. The number of amides is 2. The number of benzene rings is 1. The number of carbonyl (C=O) groups excluding carboxylic acids is 2. The summed E-state index contributed by atoms with van der Waals surface area (Å²) in [6, 6.07) is 7.62. The molecule has 20 heavy (non-hydrogen) atoms. The number of aromatic nitrogens is 3. The van der Waals surface area contributed by atoms with Crippen LogP contribution in [0.5, 0.6) is 0 Å². The van der Waals surface area contributed by atoms with Gasteiger partial charge in [-0.3, -0.25) is 14.9 Å². The molecule has 0 unspecified atom stereocenters. The Bertz CT molecular complexity index is 638. The van der Waals surface area contributed by atoms with Crippen LogP contribution in [-0.4, -0.2) is 33.5 Å². The predicted molar refractivity (Wildman–Crippen MR) is 72.1 cm³/mol. The number of rotatable bonds is 1. The van der Waals surface area contributed by atoms with Crippen molar-refractivity contribution >= 4 is 23.5 Å². The normalized spacial score (nSPS) is 13.7. The van der Waals surface area contributed by atoms with Crippen LogP contribution in [0.25, 0.3) is 0 Å². The number of aromatic amines is 1. The molecule has 0 saturated heterocycles. The lowest BCUT2D eigenvalue weighted by Gasteiger charge is -2.28. The number of carbonyl (C=O) groups is 2. The average Bonchev–Trinajstić information content (AvgIpc) is 2.99. The zero-order valence-corrected chi connectivity index (χ0v) is 10.7. The van der Waals surface area contributed by atoms with Gasteiger partial charge in [-0.2, -0.15) is 10.1 Å². The van der Waals surface area contributed by atoms with E-state index < -0.39 is 11.8 Å². The fourth-order valence-electron chi connectivity index (χ4n) is 2.29. The summed E-state index contributed by atoms with van der Waals surface area (Å²) in [5.74, 6) is -1.15. The third-order valence-electron chi connectivity index (χ3n) is 3.20. The Morgan fingerprint density at radius 3 is 2.95 bits per heavy atom. The van der Waals surface area contributed by atoms with Crippen LogP contribution in [0.1, 0.15) is 12.0 Å². The molecule has 2 N–H and O–H groups in total. The lowest BCUT2D eigenvalue weighted by Crippen LogP contribution is -2.42. The standard InChI is InChI=1S/C13H13N5O2/c19-11(16-13-14-8-15-17-13)12(20)18-7-3-5-9-4-1-2-6-10(9)18/h1-2,4,6,8H,3,5,7H2,(H2,14,15,16,17,19). The minimum Gasteiger partial charge on any atom is -0.304 e. The van der Waals surface area contributed by atoms with Crippen molar-refractivity contribution in [2.45, 2.75) is 12.8 Å². The smallest absolute Gasteiger partial charge is 0.304 e. The second kappa shape index (κ2) is 5.12. The Morgan fingerprint density at radius 1 is 1.30 bits per heavy atom. The molecule has 0 saturated carbocycles. The maximum absolute atomic E-state index is 12.2. The van der Waals surface area contributed by atoms with Crippen LogP contribution in [0.4, 0.5) is 11.6 Å². The van der Waals surface area contributed by atoms with E-state index in [-0.39, 0.29) is 5.95 Å². The van der Waals surface area contributed by atoms with Crippen molar-refractivity contribution in [1.29, 1.82) is 0 Å². The molecule has 7 nitrogen and oxygen atoms in total. The summed E-state index contributed by atoms with van der Waals surface area (Å²) in [5, 5.41) is 8.48. The van der Waals surface area contributed by atoms with E-state index in [4.69, 9.17) is 0 Å². The van der Waals surface area contributed by atoms with Gasteiger partial charge in [-0.05, 0) is 24.5 Å². The van der Waals surface area contributed by atoms with Gasteiger partial charge >= 0.3 is 11.8 Å². The lowest BCUT2D eigenvalue weighted by molar-refractivity contribution is -0.134. The second-order valence-corrected chi connectivity index (χ2v) is 4.48. The van der Waals surface area contributed by atoms with Gasteiger partial charge in [0.2, 0.25) is 5.95 Å². The van der Waals surface area contributed by atoms with Crippen molar-refractivity contribution < 1.29 is 9.59 Å². The van der Waals surface area contributed by atoms with Gasteiger partial charge in [0.15, 0.2) is 0 Å². The average molecular weight is 271 g/mol. The van der Waals surface area contributed by atoms with Crippen molar-refractivity contribution in [2.24, 2.45) is 0 Å². The zero-order chi connectivity index (χ0) is 13.9. The van der Waals surface area contributed by atoms with Crippen LogP contribution in [0.3, 0.4) is 0 Å². The molecule has 2 aromatic rings. The highest BCUT2D eigenvalue weighted by Crippen LogP contribution is 2.26. The van der Waals surface area contributed by atoms with Crippen LogP contribution in [0.15, 0.2) is 30.6 Å². The van der Waals surface area contributed by atoms with Crippen molar-refractivity contribution in [1.82, 2.24) is 15.2 Å². The summed E-state index contributed by atoms with van der Waals surface area (Å²) in [7, 11) is 0. The molecule has 2 heterocycles. The molecule has 0 radical (unpaired) electrons. The number of hydrogen-bond donors (Lipinski definition) is 2. The molecule has 1 aromatic carbocycles. The van der Waals surface area contributed by atoms with Crippen LogP contribution < -0.4 is 10.2 Å². The van der Waals surface area contributed by atoms with Crippen LogP contribution in [-0.2, 0) is 16.0 Å². The van der Waals surface area contributed by atoms with Gasteiger partial charge in [-0.25, -0.2) is 5.10 Å². The van der Waals surface area contributed by atoms with Gasteiger partial charge in [-0.1, -0.05) is 18.2 Å². The van der Waals surface area contributed by atoms with Crippen molar-refractivity contribution in [3.8, 4) is 0 Å². The molecule has 7 heteroatoms. The quantitative estimate of drug-likeness (QED) is 0.748. The maximum atomic E-state index is 12.2. The lowest BCUT2D eigenvalue weighted by atomic mass is 10.0. The van der Waals surface area contributed by atoms with Crippen LogP contribution >= 0.6 is 0 Å². The Kier molecular flexibility index (Phi) is 3.16. The fraction of sp³-hybridized carbons (Fsp3) is 0.231. The first-order valence-electron chi connectivity index (χ1n) is 6.32. The van der Waals surface area contributed by atoms with Gasteiger partial charge in [0.05, 0.1) is 0 Å². The third-order valence-corrected chi connectivity index (χ3v) is 3.20. The van der Waals surface area contributed by atoms with E-state index >= 15 is 0 Å². The largest absolute Gasteiger partial charge is 0.316 e. The van der Waals surface area contributed by atoms with Gasteiger partial charge < -0.3 is 4.90 Å². The van der Waals surface area contributed by atoms with E-state index in [9.17, 15) is 9.59 Å². The van der Waals surface area contributed by atoms with Crippen molar-refractivity contribution in [3.05, 3.63) is 36.2 Å². The molecule has 102 valence electrons. The van der Waals surface area contributed by atoms with E-state index in [0.717, 1.165) is 24.1 Å².